The van der Waals surface area contributed by atoms with Crippen molar-refractivity contribution in [3.63, 3.8) is 0 Å². The van der Waals surface area contributed by atoms with Crippen molar-refractivity contribution in [1.29, 1.82) is 0 Å². The molecule has 2 heterocycles. The van der Waals surface area contributed by atoms with Gasteiger partial charge in [-0.15, -0.1) is 0 Å². The van der Waals surface area contributed by atoms with E-state index in [-0.39, 0.29) is 11.9 Å². The van der Waals surface area contributed by atoms with E-state index >= 15 is 0 Å². The van der Waals surface area contributed by atoms with E-state index in [2.05, 4.69) is 0 Å². The van der Waals surface area contributed by atoms with Crippen molar-refractivity contribution in [3.8, 4) is 11.5 Å². The van der Waals surface area contributed by atoms with Crippen molar-refractivity contribution in [3.05, 3.63) is 89.5 Å². The summed E-state index contributed by atoms with van der Waals surface area (Å²) in [5, 5.41) is 0.415. The third kappa shape index (κ3) is 3.14. The number of nitrogens with zero attached hydrogens (tertiary/aromatic N) is 2. The van der Waals surface area contributed by atoms with Crippen molar-refractivity contribution in [2.24, 2.45) is 0 Å². The number of carbonyl (C=O) groups excluding carboxylic acids is 1. The van der Waals surface area contributed by atoms with Gasteiger partial charge in [-0.3, -0.25) is 14.6 Å². The number of methoxy groups -OCH3 is 1. The van der Waals surface area contributed by atoms with Gasteiger partial charge in [0.05, 0.1) is 18.7 Å². The van der Waals surface area contributed by atoms with Crippen LogP contribution in [0, 0.1) is 6.92 Å². The molecule has 0 aliphatic carbocycles. The highest BCUT2D eigenvalue weighted by atomic mass is 32.1. The molecule has 2 bridgehead atoms. The smallest absolute Gasteiger partial charge is 0.264 e. The third-order valence-corrected chi connectivity index (χ3v) is 6.59. The Hall–Kier alpha value is -3.38. The number of amides is 1. The lowest BCUT2D eigenvalue weighted by atomic mass is 9.88. The normalized spacial score (nSPS) is 21.6. The summed E-state index contributed by atoms with van der Waals surface area (Å²) in [6, 6.07) is 23.0. The Labute approximate surface area is 193 Å². The summed E-state index contributed by atoms with van der Waals surface area (Å²) >= 11 is 5.98. The number of anilines is 1. The highest BCUT2D eigenvalue weighted by molar-refractivity contribution is 7.80. The molecule has 2 atom stereocenters. The molecule has 3 aromatic carbocycles. The van der Waals surface area contributed by atoms with Gasteiger partial charge in [-0.2, -0.15) is 0 Å². The van der Waals surface area contributed by atoms with Crippen molar-refractivity contribution in [2.45, 2.75) is 32.0 Å². The molecule has 2 unspecified atom stereocenters. The van der Waals surface area contributed by atoms with E-state index < -0.39 is 5.72 Å². The van der Waals surface area contributed by atoms with Crippen molar-refractivity contribution >= 4 is 28.9 Å². The van der Waals surface area contributed by atoms with E-state index in [1.54, 1.807) is 24.1 Å². The summed E-state index contributed by atoms with van der Waals surface area (Å²) in [6.07, 6.45) is 0.582. The van der Waals surface area contributed by atoms with Crippen LogP contribution in [0.4, 0.5) is 5.69 Å². The molecule has 32 heavy (non-hydrogen) atoms. The molecule has 0 saturated carbocycles. The van der Waals surface area contributed by atoms with E-state index in [4.69, 9.17) is 21.7 Å². The van der Waals surface area contributed by atoms with Gasteiger partial charge in [0.2, 0.25) is 0 Å². The number of thiocarbonyl (C=S) groups is 1. The molecule has 1 fully saturated rings. The Kier molecular flexibility index (Phi) is 4.90. The first kappa shape index (κ1) is 20.5. The summed E-state index contributed by atoms with van der Waals surface area (Å²) in [7, 11) is 1.57. The third-order valence-electron chi connectivity index (χ3n) is 6.21. The molecular weight excluding hydrogens is 420 g/mol. The molecule has 162 valence electrons. The average Bonchev–Trinajstić information content (AvgIpc) is 2.79. The van der Waals surface area contributed by atoms with Gasteiger partial charge in [-0.05, 0) is 56.4 Å². The number of hydrogen-bond donors (Lipinski definition) is 0. The lowest BCUT2D eigenvalue weighted by Crippen LogP contribution is -2.67. The van der Waals surface area contributed by atoms with E-state index in [0.717, 1.165) is 22.6 Å². The summed E-state index contributed by atoms with van der Waals surface area (Å²) < 4.78 is 12.0. The number of carbonyl (C=O) groups is 1. The lowest BCUT2D eigenvalue weighted by molar-refractivity contribution is 0.0183. The number of ether oxygens (including phenoxy) is 2. The molecule has 6 heteroatoms. The lowest BCUT2D eigenvalue weighted by Gasteiger charge is -2.55. The van der Waals surface area contributed by atoms with Crippen LogP contribution in [0.5, 0.6) is 11.5 Å². The fraction of sp³-hybridized carbons (Fsp3) is 0.231. The minimum atomic E-state index is -0.719. The Bertz CT molecular complexity index is 1210. The van der Waals surface area contributed by atoms with Gasteiger partial charge in [0.1, 0.15) is 11.5 Å². The minimum absolute atomic E-state index is 0.187. The number of benzene rings is 3. The van der Waals surface area contributed by atoms with Crippen LogP contribution in [0.25, 0.3) is 0 Å². The fourth-order valence-corrected chi connectivity index (χ4v) is 5.17. The average molecular weight is 445 g/mol. The summed E-state index contributed by atoms with van der Waals surface area (Å²) in [6.45, 7) is 4.08. The zero-order valence-electron chi connectivity index (χ0n) is 18.2. The number of fused-ring (bicyclic) bond motifs is 4. The first-order valence-electron chi connectivity index (χ1n) is 10.6. The number of para-hydroxylation sites is 2. The quantitative estimate of drug-likeness (QED) is 0.500. The predicted octanol–water partition coefficient (Wildman–Crippen LogP) is 5.49. The van der Waals surface area contributed by atoms with Crippen LogP contribution >= 0.6 is 12.2 Å². The van der Waals surface area contributed by atoms with Gasteiger partial charge < -0.3 is 9.47 Å². The van der Waals surface area contributed by atoms with E-state index in [1.807, 2.05) is 79.4 Å². The van der Waals surface area contributed by atoms with Gasteiger partial charge in [-0.1, -0.05) is 48.0 Å². The van der Waals surface area contributed by atoms with Gasteiger partial charge in [0, 0.05) is 17.7 Å². The Morgan fingerprint density at radius 2 is 1.75 bits per heavy atom. The SMILES string of the molecule is COc1ccccc1C(=O)N1C(=S)N(c2ccc(C)cc2)C2(C)CC1c1ccccc1O2. The second-order valence-corrected chi connectivity index (χ2v) is 8.73. The van der Waals surface area contributed by atoms with Crippen LogP contribution in [0.1, 0.15) is 40.9 Å². The number of hydrogen-bond acceptors (Lipinski definition) is 4. The molecule has 2 aliphatic heterocycles. The Morgan fingerprint density at radius 1 is 1.06 bits per heavy atom. The van der Waals surface area contributed by atoms with Gasteiger partial charge in [0.25, 0.3) is 5.91 Å². The van der Waals surface area contributed by atoms with Crippen molar-refractivity contribution < 1.29 is 14.3 Å². The second kappa shape index (κ2) is 7.64. The molecule has 1 amide bonds. The van der Waals surface area contributed by atoms with Gasteiger partial charge in [0.15, 0.2) is 10.8 Å². The largest absolute Gasteiger partial charge is 0.496 e. The maximum atomic E-state index is 13.9. The van der Waals surface area contributed by atoms with Crippen LogP contribution in [0.15, 0.2) is 72.8 Å². The minimum Gasteiger partial charge on any atom is -0.496 e. The summed E-state index contributed by atoms with van der Waals surface area (Å²) in [5.74, 6) is 1.10. The van der Waals surface area contributed by atoms with Crippen molar-refractivity contribution in [2.75, 3.05) is 12.0 Å². The maximum absolute atomic E-state index is 13.9. The zero-order valence-corrected chi connectivity index (χ0v) is 19.1. The molecule has 2 aliphatic rings. The summed E-state index contributed by atoms with van der Waals surface area (Å²) in [4.78, 5) is 17.6. The number of rotatable bonds is 3. The van der Waals surface area contributed by atoms with Gasteiger partial charge in [-0.25, -0.2) is 0 Å². The molecule has 1 saturated heterocycles. The second-order valence-electron chi connectivity index (χ2n) is 8.36. The highest BCUT2D eigenvalue weighted by Crippen LogP contribution is 2.50. The molecule has 3 aromatic rings. The van der Waals surface area contributed by atoms with Crippen LogP contribution in [-0.2, 0) is 0 Å². The van der Waals surface area contributed by atoms with Crippen LogP contribution in [-0.4, -0.2) is 28.8 Å². The van der Waals surface area contributed by atoms with Crippen LogP contribution < -0.4 is 14.4 Å². The fourth-order valence-electron chi connectivity index (χ4n) is 4.66. The standard InChI is InChI=1S/C26H24N2O3S/c1-17-12-14-18(15-13-17)28-25(32)27(24(29)20-9-5-6-10-22(20)30-3)21-16-26(28,2)31-23-11-7-4-8-19(21)23/h4-15,21H,16H2,1-3H3. The Morgan fingerprint density at radius 3 is 2.50 bits per heavy atom. The first-order valence-corrected chi connectivity index (χ1v) is 11.0. The molecular formula is C26H24N2O3S. The number of aryl methyl sites for hydroxylation is 1. The van der Waals surface area contributed by atoms with E-state index in [0.29, 0.717) is 22.8 Å². The van der Waals surface area contributed by atoms with E-state index in [9.17, 15) is 4.79 Å². The molecule has 5 rings (SSSR count). The van der Waals surface area contributed by atoms with Gasteiger partial charge >= 0.3 is 0 Å². The first-order chi connectivity index (χ1) is 15.4. The van der Waals surface area contributed by atoms with E-state index in [1.165, 1.54) is 0 Å². The molecule has 5 nitrogen and oxygen atoms in total. The monoisotopic (exact) mass is 444 g/mol. The predicted molar refractivity (Wildman–Crippen MR) is 128 cm³/mol. The summed E-state index contributed by atoms with van der Waals surface area (Å²) in [5.41, 5.74) is 2.76. The molecule has 0 spiro atoms. The zero-order chi connectivity index (χ0) is 22.5. The van der Waals surface area contributed by atoms with Crippen LogP contribution in [0.3, 0.4) is 0 Å². The molecule has 0 N–H and O–H groups in total. The highest BCUT2D eigenvalue weighted by Gasteiger charge is 2.53. The Balaban J connectivity index is 1.68. The van der Waals surface area contributed by atoms with Crippen molar-refractivity contribution in [1.82, 2.24) is 4.90 Å². The van der Waals surface area contributed by atoms with Crippen LogP contribution in [0.2, 0.25) is 0 Å². The molecule has 0 aromatic heterocycles. The molecule has 0 radical (unpaired) electrons. The topological polar surface area (TPSA) is 42.0 Å². The maximum Gasteiger partial charge on any atom is 0.264 e.